The van der Waals surface area contributed by atoms with E-state index < -0.39 is 11.5 Å². The quantitative estimate of drug-likeness (QED) is 0.645. The van der Waals surface area contributed by atoms with Crippen LogP contribution in [-0.4, -0.2) is 57.9 Å². The number of nitrogens with one attached hydrogen (secondary N) is 1. The number of rotatable bonds is 4. The first-order chi connectivity index (χ1) is 11.9. The van der Waals surface area contributed by atoms with E-state index in [4.69, 9.17) is 16.3 Å². The molecule has 25 heavy (non-hydrogen) atoms. The van der Waals surface area contributed by atoms with Crippen LogP contribution in [0.4, 0.5) is 5.82 Å². The van der Waals surface area contributed by atoms with Crippen LogP contribution in [0.1, 0.15) is 13.8 Å². The summed E-state index contributed by atoms with van der Waals surface area (Å²) in [7, 11) is 3.70. The number of carbonyl (C=O) groups excluding carboxylic acids is 1. The zero-order valence-electron chi connectivity index (χ0n) is 14.3. The molecule has 10 heteroatoms. The lowest BCUT2D eigenvalue weighted by Gasteiger charge is -2.22. The van der Waals surface area contributed by atoms with E-state index in [9.17, 15) is 4.79 Å². The molecule has 0 aliphatic carbocycles. The predicted octanol–water partition coefficient (Wildman–Crippen LogP) is 1.30. The molecule has 2 aromatic heterocycles. The van der Waals surface area contributed by atoms with Gasteiger partial charge < -0.3 is 9.64 Å². The Hall–Kier alpha value is -2.68. The van der Waals surface area contributed by atoms with Gasteiger partial charge in [-0.05, 0) is 25.4 Å². The standard InChI is InChI=1S/C15H18ClN7O2/c1-5-25-13(24)15(2)9(6-18-21-15)7-23-8-17-10-11(22(3)4)19-14(16)20-12(10)23/h6-8,21H,5H2,1-4H3/b9-7+. The van der Waals surface area contributed by atoms with Crippen molar-refractivity contribution in [2.75, 3.05) is 25.6 Å². The van der Waals surface area contributed by atoms with Crippen LogP contribution >= 0.6 is 11.6 Å². The molecule has 1 N–H and O–H groups in total. The van der Waals surface area contributed by atoms with Crippen LogP contribution in [0.25, 0.3) is 17.4 Å². The third kappa shape index (κ3) is 2.91. The van der Waals surface area contributed by atoms with Crippen molar-refractivity contribution >= 4 is 47.0 Å². The van der Waals surface area contributed by atoms with Crippen LogP contribution in [0.3, 0.4) is 0 Å². The average molecular weight is 364 g/mol. The molecular formula is C15H18ClN7O2. The molecule has 1 aliphatic rings. The number of nitrogens with zero attached hydrogens (tertiary/aromatic N) is 6. The third-order valence-electron chi connectivity index (χ3n) is 3.83. The lowest BCUT2D eigenvalue weighted by atomic mass is 9.95. The van der Waals surface area contributed by atoms with Crippen LogP contribution in [0.5, 0.6) is 0 Å². The fourth-order valence-corrected chi connectivity index (χ4v) is 2.62. The van der Waals surface area contributed by atoms with Crippen LogP contribution in [-0.2, 0) is 9.53 Å². The second-order valence-corrected chi connectivity index (χ2v) is 6.17. The van der Waals surface area contributed by atoms with Gasteiger partial charge >= 0.3 is 5.97 Å². The van der Waals surface area contributed by atoms with Crippen LogP contribution in [0.15, 0.2) is 17.0 Å². The van der Waals surface area contributed by atoms with Gasteiger partial charge in [-0.15, -0.1) is 0 Å². The summed E-state index contributed by atoms with van der Waals surface area (Å²) >= 11 is 6.04. The number of hydrazone groups is 1. The van der Waals surface area contributed by atoms with E-state index in [-0.39, 0.29) is 11.9 Å². The molecule has 0 radical (unpaired) electrons. The van der Waals surface area contributed by atoms with E-state index in [0.717, 1.165) is 0 Å². The first-order valence-electron chi connectivity index (χ1n) is 7.64. The normalized spacial score (nSPS) is 20.9. The van der Waals surface area contributed by atoms with Crippen molar-refractivity contribution in [3.63, 3.8) is 0 Å². The van der Waals surface area contributed by atoms with Gasteiger partial charge in [0.1, 0.15) is 6.33 Å². The molecule has 0 bridgehead atoms. The Labute approximate surface area is 149 Å². The molecule has 3 heterocycles. The highest BCUT2D eigenvalue weighted by atomic mass is 35.5. The molecule has 2 aromatic rings. The van der Waals surface area contributed by atoms with E-state index in [1.165, 1.54) is 0 Å². The maximum absolute atomic E-state index is 12.3. The fourth-order valence-electron chi connectivity index (χ4n) is 2.46. The predicted molar refractivity (Wildman–Crippen MR) is 95.6 cm³/mol. The summed E-state index contributed by atoms with van der Waals surface area (Å²) in [6.45, 7) is 3.74. The fraction of sp³-hybridized carbons (Fsp3) is 0.400. The van der Waals surface area contributed by atoms with Crippen molar-refractivity contribution in [1.29, 1.82) is 0 Å². The van der Waals surface area contributed by atoms with Gasteiger partial charge in [0, 0.05) is 25.9 Å². The largest absolute Gasteiger partial charge is 0.464 e. The average Bonchev–Trinajstić information content (AvgIpc) is 3.12. The number of hydrogen-bond acceptors (Lipinski definition) is 8. The van der Waals surface area contributed by atoms with Crippen molar-refractivity contribution in [3.8, 4) is 0 Å². The molecule has 0 spiro atoms. The molecule has 0 saturated carbocycles. The Balaban J connectivity index is 2.09. The minimum absolute atomic E-state index is 0.114. The molecule has 1 aliphatic heterocycles. The van der Waals surface area contributed by atoms with Gasteiger partial charge in [0.05, 0.1) is 12.8 Å². The number of fused-ring (bicyclic) bond motifs is 1. The molecule has 0 fully saturated rings. The number of halogens is 1. The zero-order chi connectivity index (χ0) is 18.2. The summed E-state index contributed by atoms with van der Waals surface area (Å²) in [5.41, 5.74) is 3.47. The van der Waals surface area contributed by atoms with Gasteiger partial charge in [-0.25, -0.2) is 9.78 Å². The summed E-state index contributed by atoms with van der Waals surface area (Å²) in [6, 6.07) is 0. The topological polar surface area (TPSA) is 97.5 Å². The highest BCUT2D eigenvalue weighted by Crippen LogP contribution is 2.26. The number of aromatic nitrogens is 4. The van der Waals surface area contributed by atoms with Gasteiger partial charge in [0.25, 0.3) is 0 Å². The number of hydrogen-bond donors (Lipinski definition) is 1. The van der Waals surface area contributed by atoms with Gasteiger partial charge in [-0.2, -0.15) is 15.1 Å². The maximum Gasteiger partial charge on any atom is 0.337 e. The highest BCUT2D eigenvalue weighted by molar-refractivity contribution is 6.28. The Morgan fingerprint density at radius 1 is 1.48 bits per heavy atom. The minimum atomic E-state index is -1.08. The molecule has 1 unspecified atom stereocenters. The summed E-state index contributed by atoms with van der Waals surface area (Å²) in [6.07, 6.45) is 4.88. The monoisotopic (exact) mass is 363 g/mol. The number of carbonyl (C=O) groups is 1. The minimum Gasteiger partial charge on any atom is -0.464 e. The number of imidazole rings is 1. The Kier molecular flexibility index (Phi) is 4.34. The molecule has 3 rings (SSSR count). The van der Waals surface area contributed by atoms with Crippen molar-refractivity contribution in [3.05, 3.63) is 17.2 Å². The summed E-state index contributed by atoms with van der Waals surface area (Å²) in [5, 5.41) is 4.11. The zero-order valence-corrected chi connectivity index (χ0v) is 15.1. The van der Waals surface area contributed by atoms with Crippen LogP contribution in [0, 0.1) is 0 Å². The molecule has 9 nitrogen and oxygen atoms in total. The molecule has 0 amide bonds. The number of ether oxygens (including phenoxy) is 1. The summed E-state index contributed by atoms with van der Waals surface area (Å²) in [4.78, 5) is 26.9. The van der Waals surface area contributed by atoms with Gasteiger partial charge in [-0.3, -0.25) is 9.99 Å². The summed E-state index contributed by atoms with van der Waals surface area (Å²) in [5.74, 6) is 0.198. The van der Waals surface area contributed by atoms with E-state index in [1.807, 2.05) is 19.0 Å². The SMILES string of the molecule is CCOC(=O)C1(C)NN=C/C1=C\n1cnc2c(N(C)C)nc(Cl)nc21. The first-order valence-corrected chi connectivity index (χ1v) is 8.01. The second kappa shape index (κ2) is 6.32. The third-order valence-corrected chi connectivity index (χ3v) is 4.00. The molecule has 1 atom stereocenters. The van der Waals surface area contributed by atoms with E-state index >= 15 is 0 Å². The smallest absolute Gasteiger partial charge is 0.337 e. The van der Waals surface area contributed by atoms with Gasteiger partial charge in [0.2, 0.25) is 5.28 Å². The first kappa shape index (κ1) is 17.2. The van der Waals surface area contributed by atoms with Crippen LogP contribution < -0.4 is 10.3 Å². The van der Waals surface area contributed by atoms with Crippen LogP contribution in [0.2, 0.25) is 5.28 Å². The Morgan fingerprint density at radius 3 is 2.92 bits per heavy atom. The lowest BCUT2D eigenvalue weighted by Crippen LogP contribution is -2.46. The summed E-state index contributed by atoms with van der Waals surface area (Å²) < 4.78 is 6.82. The van der Waals surface area contributed by atoms with E-state index in [1.54, 1.807) is 37.2 Å². The van der Waals surface area contributed by atoms with Crippen molar-refractivity contribution < 1.29 is 9.53 Å². The molecule has 0 aromatic carbocycles. The van der Waals surface area contributed by atoms with Crippen molar-refractivity contribution in [2.45, 2.75) is 19.4 Å². The lowest BCUT2D eigenvalue weighted by molar-refractivity contribution is -0.148. The molecule has 0 saturated heterocycles. The Bertz CT molecular complexity index is 889. The number of anilines is 1. The second-order valence-electron chi connectivity index (χ2n) is 5.83. The molecule has 132 valence electrons. The molecular weight excluding hydrogens is 346 g/mol. The van der Waals surface area contributed by atoms with Crippen molar-refractivity contribution in [1.82, 2.24) is 24.9 Å². The van der Waals surface area contributed by atoms with Gasteiger partial charge in [-0.1, -0.05) is 0 Å². The van der Waals surface area contributed by atoms with E-state index in [0.29, 0.717) is 22.6 Å². The van der Waals surface area contributed by atoms with Crippen molar-refractivity contribution in [2.24, 2.45) is 5.10 Å². The maximum atomic E-state index is 12.3. The van der Waals surface area contributed by atoms with Gasteiger partial charge in [0.15, 0.2) is 22.5 Å². The van der Waals surface area contributed by atoms with E-state index in [2.05, 4.69) is 25.5 Å². The highest BCUT2D eigenvalue weighted by Gasteiger charge is 2.41. The Morgan fingerprint density at radius 2 is 2.24 bits per heavy atom. The number of esters is 1.